The van der Waals surface area contributed by atoms with Gasteiger partial charge in [-0.15, -0.1) is 0 Å². The Morgan fingerprint density at radius 2 is 1.08 bits per heavy atom. The third-order valence-electron chi connectivity index (χ3n) is 15.2. The summed E-state index contributed by atoms with van der Waals surface area (Å²) in [5, 5.41) is 5.80. The highest BCUT2D eigenvalue weighted by Gasteiger charge is 2.52. The summed E-state index contributed by atoms with van der Waals surface area (Å²) in [5.74, 6) is 0. The second-order valence-corrected chi connectivity index (χ2v) is 18.5. The van der Waals surface area contributed by atoms with Gasteiger partial charge in [-0.3, -0.25) is 0 Å². The van der Waals surface area contributed by atoms with Crippen molar-refractivity contribution in [3.63, 3.8) is 0 Å². The standard InChI is InChI=1S/C61H38N2O/c1-60(2)46-24-9-3-20-39(46)44-34-53-45(33-51(44)60)59-58(42-23-8-14-29-54(42)64-59)63(53)36-17-15-16-35(32-36)57-43-30-31-50-56(55(43)41-22-7-13-28-52(41)62-57)40-21-6-12-27-49(40)61(50)47-25-10-4-18-37(47)38-19-5-11-26-48(38)61/h3-34H,1-2H3. The van der Waals surface area contributed by atoms with Crippen molar-refractivity contribution in [2.75, 3.05) is 0 Å². The van der Waals surface area contributed by atoms with Crippen LogP contribution in [0.25, 0.3) is 105 Å². The van der Waals surface area contributed by atoms with Crippen LogP contribution in [0, 0.1) is 0 Å². The molecule has 64 heavy (non-hydrogen) atoms. The second kappa shape index (κ2) is 11.9. The zero-order chi connectivity index (χ0) is 42.1. The van der Waals surface area contributed by atoms with Gasteiger partial charge in [0.25, 0.3) is 0 Å². The number of fused-ring (bicyclic) bond motifs is 22. The summed E-state index contributed by atoms with van der Waals surface area (Å²) in [7, 11) is 0. The van der Waals surface area contributed by atoms with E-state index in [1.54, 1.807) is 0 Å². The minimum atomic E-state index is -0.429. The molecular weight excluding hydrogens is 777 g/mol. The van der Waals surface area contributed by atoms with Crippen LogP contribution in [0.2, 0.25) is 0 Å². The third kappa shape index (κ3) is 4.07. The van der Waals surface area contributed by atoms with Crippen LogP contribution in [0.15, 0.2) is 199 Å². The second-order valence-electron chi connectivity index (χ2n) is 18.5. The van der Waals surface area contributed by atoms with Gasteiger partial charge in [0.05, 0.1) is 22.1 Å². The highest BCUT2D eigenvalue weighted by molar-refractivity contribution is 6.21. The molecule has 3 aliphatic rings. The van der Waals surface area contributed by atoms with Crippen molar-refractivity contribution >= 4 is 54.6 Å². The summed E-state index contributed by atoms with van der Waals surface area (Å²) in [6, 6.07) is 71.9. The van der Waals surface area contributed by atoms with E-state index in [4.69, 9.17) is 9.40 Å². The number of benzene rings is 9. The number of hydrogen-bond donors (Lipinski definition) is 0. The first-order valence-electron chi connectivity index (χ1n) is 22.4. The summed E-state index contributed by atoms with van der Waals surface area (Å²) >= 11 is 0. The van der Waals surface area contributed by atoms with E-state index in [1.165, 1.54) is 77.5 Å². The molecule has 15 rings (SSSR count). The first-order valence-corrected chi connectivity index (χ1v) is 22.4. The molecule has 0 unspecified atom stereocenters. The zero-order valence-corrected chi connectivity index (χ0v) is 35.3. The molecule has 0 radical (unpaired) electrons. The molecule has 0 saturated heterocycles. The fraction of sp³-hybridized carbons (Fsp3) is 0.0656. The summed E-state index contributed by atoms with van der Waals surface area (Å²) in [6.45, 7) is 4.69. The maximum absolute atomic E-state index is 6.82. The fourth-order valence-corrected chi connectivity index (χ4v) is 12.6. The van der Waals surface area contributed by atoms with Gasteiger partial charge in [0.1, 0.15) is 11.1 Å². The highest BCUT2D eigenvalue weighted by Crippen LogP contribution is 2.64. The smallest absolute Gasteiger partial charge is 0.161 e. The largest absolute Gasteiger partial charge is 0.454 e. The number of hydrogen-bond acceptors (Lipinski definition) is 2. The molecule has 0 bridgehead atoms. The average Bonchev–Trinajstić information content (AvgIpc) is 4.10. The van der Waals surface area contributed by atoms with Crippen LogP contribution in [0.1, 0.15) is 47.2 Å². The molecule has 0 saturated carbocycles. The lowest BCUT2D eigenvalue weighted by Gasteiger charge is -2.30. The monoisotopic (exact) mass is 814 g/mol. The minimum Gasteiger partial charge on any atom is -0.454 e. The van der Waals surface area contributed by atoms with Crippen molar-refractivity contribution in [2.24, 2.45) is 0 Å². The third-order valence-corrected chi connectivity index (χ3v) is 15.2. The Balaban J connectivity index is 1.02. The first-order chi connectivity index (χ1) is 31.5. The zero-order valence-electron chi connectivity index (χ0n) is 35.3. The van der Waals surface area contributed by atoms with Gasteiger partial charge >= 0.3 is 0 Å². The van der Waals surface area contributed by atoms with E-state index in [1.807, 2.05) is 0 Å². The van der Waals surface area contributed by atoms with Crippen LogP contribution in [0.5, 0.6) is 0 Å². The molecule has 3 nitrogen and oxygen atoms in total. The molecule has 0 N–H and O–H groups in total. The lowest BCUT2D eigenvalue weighted by Crippen LogP contribution is -2.25. The maximum atomic E-state index is 6.82. The molecule has 1 spiro atoms. The lowest BCUT2D eigenvalue weighted by molar-refractivity contribution is 0.660. The van der Waals surface area contributed by atoms with E-state index in [2.05, 4.69) is 213 Å². The summed E-state index contributed by atoms with van der Waals surface area (Å²) in [5.41, 5.74) is 23.5. The Hall–Kier alpha value is -8.01. The number of pyridine rings is 1. The van der Waals surface area contributed by atoms with E-state index in [0.717, 1.165) is 60.8 Å². The van der Waals surface area contributed by atoms with Crippen molar-refractivity contribution in [2.45, 2.75) is 24.7 Å². The Labute approximate surface area is 369 Å². The van der Waals surface area contributed by atoms with Crippen LogP contribution >= 0.6 is 0 Å². The number of para-hydroxylation sites is 2. The molecule has 9 aromatic carbocycles. The van der Waals surface area contributed by atoms with Gasteiger partial charge in [0.15, 0.2) is 5.58 Å². The molecule has 0 atom stereocenters. The maximum Gasteiger partial charge on any atom is 0.161 e. The Morgan fingerprint density at radius 1 is 0.453 bits per heavy atom. The lowest BCUT2D eigenvalue weighted by atomic mass is 9.70. The van der Waals surface area contributed by atoms with E-state index in [9.17, 15) is 0 Å². The first kappa shape index (κ1) is 34.6. The number of furan rings is 1. The quantitative estimate of drug-likeness (QED) is 0.163. The summed E-state index contributed by atoms with van der Waals surface area (Å²) in [6.07, 6.45) is 0. The molecule has 0 aliphatic heterocycles. The normalized spacial score (nSPS) is 14.7. The average molecular weight is 815 g/mol. The van der Waals surface area contributed by atoms with Gasteiger partial charge in [-0.25, -0.2) is 4.98 Å². The van der Waals surface area contributed by atoms with Crippen LogP contribution in [-0.2, 0) is 10.8 Å². The van der Waals surface area contributed by atoms with Crippen molar-refractivity contribution in [3.05, 3.63) is 228 Å². The molecule has 0 fully saturated rings. The van der Waals surface area contributed by atoms with Gasteiger partial charge in [-0.1, -0.05) is 166 Å². The van der Waals surface area contributed by atoms with Crippen LogP contribution in [-0.4, -0.2) is 9.55 Å². The van der Waals surface area contributed by atoms with Gasteiger partial charge < -0.3 is 8.98 Å². The van der Waals surface area contributed by atoms with E-state index >= 15 is 0 Å². The molecule has 3 aliphatic carbocycles. The Morgan fingerprint density at radius 3 is 1.84 bits per heavy atom. The van der Waals surface area contributed by atoms with Gasteiger partial charge in [-0.05, 0) is 109 Å². The predicted molar refractivity (Wildman–Crippen MR) is 263 cm³/mol. The topological polar surface area (TPSA) is 31.0 Å². The summed E-state index contributed by atoms with van der Waals surface area (Å²) in [4.78, 5) is 5.56. The van der Waals surface area contributed by atoms with Crippen molar-refractivity contribution in [1.29, 1.82) is 0 Å². The highest BCUT2D eigenvalue weighted by atomic mass is 16.3. The van der Waals surface area contributed by atoms with Crippen LogP contribution < -0.4 is 0 Å². The van der Waals surface area contributed by atoms with E-state index in [-0.39, 0.29) is 5.41 Å². The summed E-state index contributed by atoms with van der Waals surface area (Å²) < 4.78 is 9.25. The van der Waals surface area contributed by atoms with Gasteiger partial charge in [0.2, 0.25) is 0 Å². The number of rotatable bonds is 2. The molecule has 298 valence electrons. The molecule has 0 amide bonds. The van der Waals surface area contributed by atoms with Crippen LogP contribution in [0.3, 0.4) is 0 Å². The van der Waals surface area contributed by atoms with E-state index < -0.39 is 5.41 Å². The van der Waals surface area contributed by atoms with Crippen molar-refractivity contribution in [1.82, 2.24) is 9.55 Å². The molecule has 3 aromatic heterocycles. The predicted octanol–water partition coefficient (Wildman–Crippen LogP) is 15.5. The molecule has 3 heteroatoms. The SMILES string of the molecule is CC1(C)c2ccccc2-c2cc3c(cc21)c1oc2ccccc2c1n3-c1cccc(-c2nc3ccccc3c3c4c(ccc23)C2(c3ccccc3-c3ccccc32)c2ccccc2-4)c1. The van der Waals surface area contributed by atoms with Gasteiger partial charge in [0, 0.05) is 43.6 Å². The van der Waals surface area contributed by atoms with Crippen molar-refractivity contribution < 1.29 is 4.42 Å². The fourth-order valence-electron chi connectivity index (χ4n) is 12.6. The van der Waals surface area contributed by atoms with Crippen molar-refractivity contribution in [3.8, 4) is 50.3 Å². The number of aromatic nitrogens is 2. The van der Waals surface area contributed by atoms with E-state index in [0.29, 0.717) is 0 Å². The Kier molecular flexibility index (Phi) is 6.43. The minimum absolute atomic E-state index is 0.131. The van der Waals surface area contributed by atoms with Gasteiger partial charge in [-0.2, -0.15) is 0 Å². The molecule has 3 heterocycles. The molecule has 12 aromatic rings. The Bertz CT molecular complexity index is 4020. The molecular formula is C61H38N2O. The van der Waals surface area contributed by atoms with Crippen LogP contribution in [0.4, 0.5) is 0 Å². The number of nitrogens with zero attached hydrogens (tertiary/aromatic N) is 2.